The van der Waals surface area contributed by atoms with E-state index in [-0.39, 0.29) is 4.90 Å². The van der Waals surface area contributed by atoms with Crippen LogP contribution in [0, 0.1) is 0 Å². The lowest BCUT2D eigenvalue weighted by molar-refractivity contribution is 0.315. The maximum absolute atomic E-state index is 12.6. The number of nitrogens with one attached hydrogen (secondary N) is 1. The van der Waals surface area contributed by atoms with Crippen molar-refractivity contribution in [2.24, 2.45) is 0 Å². The molecule has 1 saturated heterocycles. The van der Waals surface area contributed by atoms with Crippen LogP contribution in [0.1, 0.15) is 25.7 Å². The number of anilines is 1. The van der Waals surface area contributed by atoms with Crippen LogP contribution < -0.4 is 10.1 Å². The van der Waals surface area contributed by atoms with Crippen LogP contribution in [0.3, 0.4) is 0 Å². The fourth-order valence-corrected chi connectivity index (χ4v) is 4.35. The molecule has 3 rings (SSSR count). The first-order valence-corrected chi connectivity index (χ1v) is 10.5. The van der Waals surface area contributed by atoms with Crippen LogP contribution in [-0.4, -0.2) is 43.9 Å². The monoisotopic (exact) mass is 375 g/mol. The molecule has 0 unspecified atom stereocenters. The Balaban J connectivity index is 1.45. The van der Waals surface area contributed by atoms with E-state index in [0.717, 1.165) is 31.4 Å². The van der Waals surface area contributed by atoms with Gasteiger partial charge in [0.2, 0.25) is 10.0 Å². The molecule has 0 amide bonds. The summed E-state index contributed by atoms with van der Waals surface area (Å²) in [6.07, 6.45) is 5.22. The molecule has 1 aromatic carbocycles. The van der Waals surface area contributed by atoms with Gasteiger partial charge in [-0.2, -0.15) is 4.31 Å². The zero-order valence-electron chi connectivity index (χ0n) is 14.8. The van der Waals surface area contributed by atoms with Crippen LogP contribution in [-0.2, 0) is 10.0 Å². The summed E-state index contributed by atoms with van der Waals surface area (Å²) < 4.78 is 32.3. The van der Waals surface area contributed by atoms with E-state index in [4.69, 9.17) is 4.74 Å². The summed E-state index contributed by atoms with van der Waals surface area (Å²) in [5.41, 5.74) is 0. The minimum Gasteiger partial charge on any atom is -0.494 e. The third-order valence-electron chi connectivity index (χ3n) is 4.33. The zero-order valence-corrected chi connectivity index (χ0v) is 15.6. The first-order valence-electron chi connectivity index (χ1n) is 9.04. The molecule has 2 heterocycles. The van der Waals surface area contributed by atoms with E-state index in [9.17, 15) is 8.42 Å². The molecule has 0 saturated carbocycles. The van der Waals surface area contributed by atoms with Gasteiger partial charge in [-0.1, -0.05) is 24.6 Å². The third kappa shape index (κ3) is 4.95. The summed E-state index contributed by atoms with van der Waals surface area (Å²) in [6, 6.07) is 13.0. The van der Waals surface area contributed by atoms with Crippen LogP contribution in [0.4, 0.5) is 5.82 Å². The Hall–Kier alpha value is -2.12. The average molecular weight is 375 g/mol. The molecule has 0 aliphatic carbocycles. The number of hydrogen-bond acceptors (Lipinski definition) is 5. The lowest BCUT2D eigenvalue weighted by atomic mass is 10.2. The first kappa shape index (κ1) is 18.7. The van der Waals surface area contributed by atoms with Crippen molar-refractivity contribution in [1.82, 2.24) is 9.29 Å². The maximum atomic E-state index is 12.6. The molecular weight excluding hydrogens is 350 g/mol. The minimum atomic E-state index is -3.42. The molecule has 6 nitrogen and oxygen atoms in total. The minimum absolute atomic E-state index is 0.261. The van der Waals surface area contributed by atoms with Gasteiger partial charge >= 0.3 is 0 Å². The largest absolute Gasteiger partial charge is 0.494 e. The Morgan fingerprint density at radius 3 is 2.50 bits per heavy atom. The van der Waals surface area contributed by atoms with Crippen LogP contribution in [0.2, 0.25) is 0 Å². The van der Waals surface area contributed by atoms with Gasteiger partial charge in [-0.3, -0.25) is 0 Å². The molecule has 2 aromatic rings. The van der Waals surface area contributed by atoms with Crippen LogP contribution in [0.25, 0.3) is 0 Å². The molecular formula is C19H25N3O3S. The number of piperidine rings is 1. The number of ether oxygens (including phenoxy) is 1. The molecule has 0 bridgehead atoms. The summed E-state index contributed by atoms with van der Waals surface area (Å²) in [5, 5.41) is 3.19. The number of benzene rings is 1. The van der Waals surface area contributed by atoms with Gasteiger partial charge in [-0.25, -0.2) is 13.4 Å². The van der Waals surface area contributed by atoms with E-state index >= 15 is 0 Å². The quantitative estimate of drug-likeness (QED) is 0.718. The van der Waals surface area contributed by atoms with Crippen LogP contribution in [0.15, 0.2) is 53.6 Å². The highest BCUT2D eigenvalue weighted by Gasteiger charge is 2.25. The predicted molar refractivity (Wildman–Crippen MR) is 102 cm³/mol. The molecule has 1 fully saturated rings. The first-order chi connectivity index (χ1) is 12.7. The molecule has 1 aliphatic heterocycles. The van der Waals surface area contributed by atoms with Crippen molar-refractivity contribution >= 4 is 15.8 Å². The van der Waals surface area contributed by atoms with Crippen LogP contribution in [0.5, 0.6) is 5.75 Å². The molecule has 0 radical (unpaired) electrons. The lowest BCUT2D eigenvalue weighted by Gasteiger charge is -2.25. The number of pyridine rings is 1. The van der Waals surface area contributed by atoms with Gasteiger partial charge in [0.05, 0.1) is 6.61 Å². The lowest BCUT2D eigenvalue weighted by Crippen LogP contribution is -2.35. The molecule has 26 heavy (non-hydrogen) atoms. The Kier molecular flexibility index (Phi) is 6.46. The van der Waals surface area contributed by atoms with Gasteiger partial charge in [0, 0.05) is 25.8 Å². The van der Waals surface area contributed by atoms with Gasteiger partial charge in [-0.15, -0.1) is 0 Å². The molecule has 140 valence electrons. The van der Waals surface area contributed by atoms with E-state index in [2.05, 4.69) is 10.3 Å². The molecule has 0 spiro atoms. The summed E-state index contributed by atoms with van der Waals surface area (Å²) in [6.45, 7) is 2.52. The van der Waals surface area contributed by atoms with Crippen molar-refractivity contribution in [2.75, 3.05) is 31.6 Å². The topological polar surface area (TPSA) is 71.5 Å². The molecule has 1 aliphatic rings. The summed E-state index contributed by atoms with van der Waals surface area (Å²) >= 11 is 0. The van der Waals surface area contributed by atoms with E-state index in [1.807, 2.05) is 30.3 Å². The molecule has 1 aromatic heterocycles. The van der Waals surface area contributed by atoms with Crippen molar-refractivity contribution in [2.45, 2.75) is 30.6 Å². The van der Waals surface area contributed by atoms with E-state index in [1.54, 1.807) is 16.4 Å². The van der Waals surface area contributed by atoms with Crippen molar-refractivity contribution in [3.63, 3.8) is 0 Å². The summed E-state index contributed by atoms with van der Waals surface area (Å²) in [5.74, 6) is 1.53. The Bertz CT molecular complexity index is 773. The van der Waals surface area contributed by atoms with E-state index in [0.29, 0.717) is 32.1 Å². The Labute approximate surface area is 155 Å². The van der Waals surface area contributed by atoms with Gasteiger partial charge in [0.25, 0.3) is 0 Å². The second-order valence-corrected chi connectivity index (χ2v) is 8.22. The number of rotatable bonds is 8. The molecule has 0 atom stereocenters. The third-order valence-corrected chi connectivity index (χ3v) is 6.21. The Morgan fingerprint density at radius 2 is 1.81 bits per heavy atom. The van der Waals surface area contributed by atoms with Crippen molar-refractivity contribution in [3.8, 4) is 5.75 Å². The number of para-hydroxylation sites is 1. The highest BCUT2D eigenvalue weighted by molar-refractivity contribution is 7.89. The molecule has 1 N–H and O–H groups in total. The number of sulfonamides is 1. The van der Waals surface area contributed by atoms with Gasteiger partial charge in [0.1, 0.15) is 16.5 Å². The predicted octanol–water partition coefficient (Wildman–Crippen LogP) is 3.14. The number of hydrogen-bond donors (Lipinski definition) is 1. The number of nitrogens with zero attached hydrogens (tertiary/aromatic N) is 2. The number of aromatic nitrogens is 1. The second-order valence-electron chi connectivity index (χ2n) is 6.29. The van der Waals surface area contributed by atoms with E-state index in [1.165, 1.54) is 6.20 Å². The van der Waals surface area contributed by atoms with Crippen molar-refractivity contribution in [1.29, 1.82) is 0 Å². The van der Waals surface area contributed by atoms with Crippen molar-refractivity contribution < 1.29 is 13.2 Å². The normalized spacial score (nSPS) is 15.5. The fraction of sp³-hybridized carbons (Fsp3) is 0.421. The van der Waals surface area contributed by atoms with E-state index < -0.39 is 10.0 Å². The Morgan fingerprint density at radius 1 is 1.04 bits per heavy atom. The smallest absolute Gasteiger partial charge is 0.244 e. The highest BCUT2D eigenvalue weighted by Crippen LogP contribution is 2.20. The van der Waals surface area contributed by atoms with Gasteiger partial charge < -0.3 is 10.1 Å². The molecule has 7 heteroatoms. The summed E-state index contributed by atoms with van der Waals surface area (Å²) in [7, 11) is -3.42. The standard InChI is InChI=1S/C19H25N3O3S/c23-26(24,22-13-5-2-6-14-22)18-10-11-19(21-16-18)20-12-7-15-25-17-8-3-1-4-9-17/h1,3-4,8-11,16H,2,5-7,12-15H2,(H,20,21). The van der Waals surface area contributed by atoms with Gasteiger partial charge in [0.15, 0.2) is 0 Å². The summed E-state index contributed by atoms with van der Waals surface area (Å²) in [4.78, 5) is 4.50. The highest BCUT2D eigenvalue weighted by atomic mass is 32.2. The second kappa shape index (κ2) is 9.00. The fourth-order valence-electron chi connectivity index (χ4n) is 2.89. The zero-order chi connectivity index (χ0) is 18.2. The van der Waals surface area contributed by atoms with Gasteiger partial charge in [-0.05, 0) is 43.5 Å². The van der Waals surface area contributed by atoms with Crippen LogP contribution >= 0.6 is 0 Å². The van der Waals surface area contributed by atoms with Crippen molar-refractivity contribution in [3.05, 3.63) is 48.7 Å². The maximum Gasteiger partial charge on any atom is 0.244 e. The average Bonchev–Trinajstić information content (AvgIpc) is 2.69. The SMILES string of the molecule is O=S(=O)(c1ccc(NCCCOc2ccccc2)nc1)N1CCCCC1.